The predicted octanol–water partition coefficient (Wildman–Crippen LogP) is 3.29. The van der Waals surface area contributed by atoms with Crippen molar-refractivity contribution in [3.05, 3.63) is 34.1 Å². The predicted molar refractivity (Wildman–Crippen MR) is 75.8 cm³/mol. The summed E-state index contributed by atoms with van der Waals surface area (Å²) in [6.07, 6.45) is 3.65. The largest absolute Gasteiger partial charge is 0.329 e. The van der Waals surface area contributed by atoms with Crippen LogP contribution in [-0.4, -0.2) is 23.5 Å². The molecule has 0 aromatic heterocycles. The highest BCUT2D eigenvalue weighted by molar-refractivity contribution is 9.10. The second-order valence-electron chi connectivity index (χ2n) is 5.09. The Hall–Kier alpha value is -0.450. The molecular weight excluding hydrogens is 295 g/mol. The molecule has 0 bridgehead atoms. The fourth-order valence-electron chi connectivity index (χ4n) is 2.73. The lowest BCUT2D eigenvalue weighted by atomic mass is 9.95. The van der Waals surface area contributed by atoms with Gasteiger partial charge in [-0.15, -0.1) is 0 Å². The van der Waals surface area contributed by atoms with Crippen molar-refractivity contribution in [3.8, 4) is 0 Å². The maximum atomic E-state index is 13.2. The highest BCUT2D eigenvalue weighted by Gasteiger charge is 2.26. The maximum Gasteiger partial charge on any atom is 0.137 e. The molecule has 1 fully saturated rings. The summed E-state index contributed by atoms with van der Waals surface area (Å²) in [5.74, 6) is -0.208. The Kier molecular flexibility index (Phi) is 4.76. The molecule has 2 unspecified atom stereocenters. The summed E-state index contributed by atoms with van der Waals surface area (Å²) in [6, 6.07) is 6.25. The van der Waals surface area contributed by atoms with Crippen molar-refractivity contribution in [1.29, 1.82) is 0 Å². The zero-order chi connectivity index (χ0) is 13.1. The smallest absolute Gasteiger partial charge is 0.137 e. The Bertz CT molecular complexity index is 411. The number of nitrogens with two attached hydrogens (primary N) is 1. The number of nitrogens with zero attached hydrogens (tertiary/aromatic N) is 1. The van der Waals surface area contributed by atoms with E-state index in [-0.39, 0.29) is 5.82 Å². The lowest BCUT2D eigenvalue weighted by Crippen LogP contribution is -2.48. The van der Waals surface area contributed by atoms with Crippen LogP contribution in [0.1, 0.15) is 31.7 Å². The molecule has 4 heteroatoms. The first-order valence-corrected chi connectivity index (χ1v) is 7.31. The number of hydrogen-bond acceptors (Lipinski definition) is 2. The van der Waals surface area contributed by atoms with Gasteiger partial charge in [0.25, 0.3) is 0 Å². The zero-order valence-corrected chi connectivity index (χ0v) is 12.3. The van der Waals surface area contributed by atoms with Crippen molar-refractivity contribution >= 4 is 15.9 Å². The van der Waals surface area contributed by atoms with Crippen LogP contribution in [0.3, 0.4) is 0 Å². The van der Waals surface area contributed by atoms with Crippen LogP contribution in [0.5, 0.6) is 0 Å². The third kappa shape index (κ3) is 3.11. The standard InChI is InChI=1S/C14H20BrFN2/c1-10-3-2-4-12(8-17)18(10)9-11-5-6-14(16)13(15)7-11/h5-7,10,12H,2-4,8-9,17H2,1H3. The molecule has 0 saturated carbocycles. The summed E-state index contributed by atoms with van der Waals surface area (Å²) in [4.78, 5) is 2.45. The van der Waals surface area contributed by atoms with Gasteiger partial charge < -0.3 is 5.73 Å². The van der Waals surface area contributed by atoms with Gasteiger partial charge in [-0.2, -0.15) is 0 Å². The summed E-state index contributed by atoms with van der Waals surface area (Å²) >= 11 is 3.24. The Balaban J connectivity index is 2.12. The monoisotopic (exact) mass is 314 g/mol. The Morgan fingerprint density at radius 1 is 1.44 bits per heavy atom. The Morgan fingerprint density at radius 3 is 2.89 bits per heavy atom. The lowest BCUT2D eigenvalue weighted by Gasteiger charge is -2.40. The Morgan fingerprint density at radius 2 is 2.22 bits per heavy atom. The minimum absolute atomic E-state index is 0.208. The minimum Gasteiger partial charge on any atom is -0.329 e. The molecular formula is C14H20BrFN2. The normalized spacial score (nSPS) is 25.3. The molecule has 0 amide bonds. The summed E-state index contributed by atoms with van der Waals surface area (Å²) in [5.41, 5.74) is 6.99. The molecule has 1 aromatic carbocycles. The molecule has 1 aliphatic heterocycles. The number of likely N-dealkylation sites (tertiary alicyclic amines) is 1. The van der Waals surface area contributed by atoms with E-state index in [1.165, 1.54) is 25.3 Å². The second-order valence-corrected chi connectivity index (χ2v) is 5.94. The molecule has 2 rings (SSSR count). The van der Waals surface area contributed by atoms with E-state index < -0.39 is 0 Å². The third-order valence-corrected chi connectivity index (χ3v) is 4.42. The van der Waals surface area contributed by atoms with Crippen LogP contribution in [0.25, 0.3) is 0 Å². The molecule has 1 aromatic rings. The molecule has 2 N–H and O–H groups in total. The SMILES string of the molecule is CC1CCCC(CN)N1Cc1ccc(F)c(Br)c1. The maximum absolute atomic E-state index is 13.2. The van der Waals surface area contributed by atoms with Crippen LogP contribution in [0.4, 0.5) is 4.39 Å². The highest BCUT2D eigenvalue weighted by Crippen LogP contribution is 2.25. The summed E-state index contributed by atoms with van der Waals surface area (Å²) in [6.45, 7) is 3.80. The van der Waals surface area contributed by atoms with Gasteiger partial charge >= 0.3 is 0 Å². The van der Waals surface area contributed by atoms with Crippen LogP contribution in [-0.2, 0) is 6.54 Å². The van der Waals surface area contributed by atoms with Crippen molar-refractivity contribution in [2.45, 2.75) is 44.8 Å². The van der Waals surface area contributed by atoms with Crippen LogP contribution in [0.2, 0.25) is 0 Å². The van der Waals surface area contributed by atoms with Crippen LogP contribution < -0.4 is 5.73 Å². The fraction of sp³-hybridized carbons (Fsp3) is 0.571. The topological polar surface area (TPSA) is 29.3 Å². The molecule has 0 aliphatic carbocycles. The van der Waals surface area contributed by atoms with Gasteiger partial charge in [-0.25, -0.2) is 4.39 Å². The van der Waals surface area contributed by atoms with E-state index in [1.807, 2.05) is 12.1 Å². The van der Waals surface area contributed by atoms with Gasteiger partial charge in [-0.1, -0.05) is 12.5 Å². The molecule has 18 heavy (non-hydrogen) atoms. The number of hydrogen-bond donors (Lipinski definition) is 1. The first-order chi connectivity index (χ1) is 8.61. The molecule has 0 spiro atoms. The van der Waals surface area contributed by atoms with Crippen molar-refractivity contribution in [1.82, 2.24) is 4.90 Å². The van der Waals surface area contributed by atoms with Crippen LogP contribution in [0.15, 0.2) is 22.7 Å². The van der Waals surface area contributed by atoms with E-state index in [9.17, 15) is 4.39 Å². The summed E-state index contributed by atoms with van der Waals surface area (Å²) < 4.78 is 13.8. The lowest BCUT2D eigenvalue weighted by molar-refractivity contribution is 0.0892. The molecule has 0 radical (unpaired) electrons. The van der Waals surface area contributed by atoms with Crippen molar-refractivity contribution < 1.29 is 4.39 Å². The average molecular weight is 315 g/mol. The van der Waals surface area contributed by atoms with Gasteiger partial charge in [0.15, 0.2) is 0 Å². The molecule has 2 atom stereocenters. The number of halogens is 2. The van der Waals surface area contributed by atoms with Gasteiger partial charge in [0.2, 0.25) is 0 Å². The van der Waals surface area contributed by atoms with E-state index in [2.05, 4.69) is 27.8 Å². The van der Waals surface area contributed by atoms with E-state index in [4.69, 9.17) is 5.73 Å². The van der Waals surface area contributed by atoms with E-state index in [0.717, 1.165) is 12.1 Å². The number of benzene rings is 1. The summed E-state index contributed by atoms with van der Waals surface area (Å²) in [7, 11) is 0. The fourth-order valence-corrected chi connectivity index (χ4v) is 3.15. The van der Waals surface area contributed by atoms with Gasteiger partial charge in [0, 0.05) is 25.2 Å². The third-order valence-electron chi connectivity index (χ3n) is 3.82. The molecule has 1 aliphatic rings. The van der Waals surface area contributed by atoms with Crippen molar-refractivity contribution in [2.75, 3.05) is 6.54 Å². The average Bonchev–Trinajstić information content (AvgIpc) is 2.36. The van der Waals surface area contributed by atoms with E-state index in [0.29, 0.717) is 23.1 Å². The van der Waals surface area contributed by atoms with Crippen LogP contribution >= 0.6 is 15.9 Å². The molecule has 1 saturated heterocycles. The van der Waals surface area contributed by atoms with Crippen LogP contribution in [0, 0.1) is 5.82 Å². The number of rotatable bonds is 3. The summed E-state index contributed by atoms with van der Waals surface area (Å²) in [5, 5.41) is 0. The first-order valence-electron chi connectivity index (χ1n) is 6.51. The van der Waals surface area contributed by atoms with Gasteiger partial charge in [-0.05, 0) is 53.4 Å². The van der Waals surface area contributed by atoms with Gasteiger partial charge in [-0.3, -0.25) is 4.90 Å². The second kappa shape index (κ2) is 6.13. The molecule has 2 nitrogen and oxygen atoms in total. The first kappa shape index (κ1) is 14.0. The molecule has 1 heterocycles. The Labute approximate surface area is 116 Å². The quantitative estimate of drug-likeness (QED) is 0.927. The van der Waals surface area contributed by atoms with Gasteiger partial charge in [0.05, 0.1) is 4.47 Å². The molecule has 100 valence electrons. The van der Waals surface area contributed by atoms with Gasteiger partial charge in [0.1, 0.15) is 5.82 Å². The number of piperidine rings is 1. The van der Waals surface area contributed by atoms with Crippen molar-refractivity contribution in [3.63, 3.8) is 0 Å². The van der Waals surface area contributed by atoms with E-state index >= 15 is 0 Å². The minimum atomic E-state index is -0.208. The van der Waals surface area contributed by atoms with Crippen molar-refractivity contribution in [2.24, 2.45) is 5.73 Å². The van der Waals surface area contributed by atoms with E-state index in [1.54, 1.807) is 0 Å². The zero-order valence-electron chi connectivity index (χ0n) is 10.7. The highest BCUT2D eigenvalue weighted by atomic mass is 79.9.